The van der Waals surface area contributed by atoms with Crippen molar-refractivity contribution in [1.82, 2.24) is 0 Å². The van der Waals surface area contributed by atoms with Crippen LogP contribution in [0.5, 0.6) is 0 Å². The Morgan fingerprint density at radius 1 is 1.00 bits per heavy atom. The number of rotatable bonds is 4. The lowest BCUT2D eigenvalue weighted by Crippen LogP contribution is -1.99. The molecule has 0 saturated carbocycles. The summed E-state index contributed by atoms with van der Waals surface area (Å²) in [6, 6.07) is 11.3. The lowest BCUT2D eigenvalue weighted by Gasteiger charge is -2.10. The van der Waals surface area contributed by atoms with Crippen molar-refractivity contribution in [2.24, 2.45) is 5.41 Å². The SMILES string of the molecule is CCCCCc1cc(C)cc2ccc(C#CC(C)(C)C)cc12. The molecule has 0 nitrogen and oxygen atoms in total. The van der Waals surface area contributed by atoms with E-state index in [1.807, 2.05) is 0 Å². The molecule has 0 aliphatic rings. The molecule has 2 aromatic carbocycles. The van der Waals surface area contributed by atoms with Crippen LogP contribution in [0, 0.1) is 24.2 Å². The van der Waals surface area contributed by atoms with Gasteiger partial charge in [0.1, 0.15) is 0 Å². The van der Waals surface area contributed by atoms with Gasteiger partial charge in [-0.15, -0.1) is 0 Å². The first-order valence-corrected chi connectivity index (χ1v) is 8.45. The number of hydrogen-bond donors (Lipinski definition) is 0. The molecule has 2 rings (SSSR count). The third-order valence-electron chi connectivity index (χ3n) is 3.82. The van der Waals surface area contributed by atoms with E-state index in [-0.39, 0.29) is 5.41 Å². The lowest BCUT2D eigenvalue weighted by atomic mass is 9.94. The maximum Gasteiger partial charge on any atom is 0.0251 e. The molecule has 0 fully saturated rings. The zero-order valence-electron chi connectivity index (χ0n) is 14.7. The Hall–Kier alpha value is -1.74. The monoisotopic (exact) mass is 292 g/mol. The summed E-state index contributed by atoms with van der Waals surface area (Å²) >= 11 is 0. The molecule has 116 valence electrons. The molecule has 0 aliphatic carbocycles. The van der Waals surface area contributed by atoms with Gasteiger partial charge in [-0.05, 0) is 69.0 Å². The van der Waals surface area contributed by atoms with Crippen LogP contribution in [0.15, 0.2) is 30.3 Å². The molecule has 0 atom stereocenters. The Morgan fingerprint density at radius 2 is 1.77 bits per heavy atom. The van der Waals surface area contributed by atoms with Crippen LogP contribution in [0.1, 0.15) is 63.6 Å². The van der Waals surface area contributed by atoms with Crippen LogP contribution >= 0.6 is 0 Å². The van der Waals surface area contributed by atoms with Crippen LogP contribution in [-0.2, 0) is 6.42 Å². The maximum absolute atomic E-state index is 3.34. The molecule has 0 spiro atoms. The van der Waals surface area contributed by atoms with E-state index in [0.717, 1.165) is 5.56 Å². The Labute approximate surface area is 135 Å². The van der Waals surface area contributed by atoms with Crippen LogP contribution in [0.3, 0.4) is 0 Å². The summed E-state index contributed by atoms with van der Waals surface area (Å²) in [7, 11) is 0. The predicted octanol–water partition coefficient (Wildman–Crippen LogP) is 6.28. The minimum Gasteiger partial charge on any atom is -0.0920 e. The minimum absolute atomic E-state index is 0.0478. The molecule has 22 heavy (non-hydrogen) atoms. The standard InChI is InChI=1S/C22H28/c1-6-7-8-9-19-14-17(2)15-20-11-10-18(16-21(19)20)12-13-22(3,4)5/h10-11,14-16H,6-9H2,1-5H3. The van der Waals surface area contributed by atoms with E-state index in [9.17, 15) is 0 Å². The fourth-order valence-corrected chi connectivity index (χ4v) is 2.71. The maximum atomic E-state index is 3.34. The van der Waals surface area contributed by atoms with Gasteiger partial charge in [-0.1, -0.05) is 55.4 Å². The average Bonchev–Trinajstić information content (AvgIpc) is 2.44. The highest BCUT2D eigenvalue weighted by atomic mass is 14.1. The molecule has 0 heteroatoms. The van der Waals surface area contributed by atoms with E-state index in [0.29, 0.717) is 0 Å². The summed E-state index contributed by atoms with van der Waals surface area (Å²) in [4.78, 5) is 0. The van der Waals surface area contributed by atoms with Gasteiger partial charge in [0.15, 0.2) is 0 Å². The van der Waals surface area contributed by atoms with Crippen molar-refractivity contribution in [3.05, 3.63) is 47.0 Å². The van der Waals surface area contributed by atoms with Crippen molar-refractivity contribution in [3.8, 4) is 11.8 Å². The molecular formula is C22H28. The Morgan fingerprint density at radius 3 is 2.45 bits per heavy atom. The molecule has 0 amide bonds. The molecule has 0 unspecified atom stereocenters. The molecular weight excluding hydrogens is 264 g/mol. The number of unbranched alkanes of at least 4 members (excludes halogenated alkanes) is 2. The Balaban J connectivity index is 2.42. The smallest absolute Gasteiger partial charge is 0.0251 e. The normalized spacial score (nSPS) is 11.3. The molecule has 0 heterocycles. The Kier molecular flexibility index (Phi) is 5.30. The van der Waals surface area contributed by atoms with Crippen molar-refractivity contribution < 1.29 is 0 Å². The first-order valence-electron chi connectivity index (χ1n) is 8.45. The summed E-state index contributed by atoms with van der Waals surface area (Å²) in [6.07, 6.45) is 5.01. The first-order chi connectivity index (χ1) is 10.4. The van der Waals surface area contributed by atoms with Gasteiger partial charge in [-0.2, -0.15) is 0 Å². The van der Waals surface area contributed by atoms with Gasteiger partial charge >= 0.3 is 0 Å². The second-order valence-corrected chi connectivity index (χ2v) is 7.32. The third kappa shape index (κ3) is 4.63. The van der Waals surface area contributed by atoms with E-state index in [1.165, 1.54) is 47.6 Å². The largest absolute Gasteiger partial charge is 0.0920 e. The third-order valence-corrected chi connectivity index (χ3v) is 3.82. The van der Waals surface area contributed by atoms with Crippen LogP contribution < -0.4 is 0 Å². The highest BCUT2D eigenvalue weighted by Gasteiger charge is 2.06. The summed E-state index contributed by atoms with van der Waals surface area (Å²) in [5, 5.41) is 2.72. The summed E-state index contributed by atoms with van der Waals surface area (Å²) < 4.78 is 0. The first kappa shape index (κ1) is 16.6. The van der Waals surface area contributed by atoms with E-state index >= 15 is 0 Å². The van der Waals surface area contributed by atoms with E-state index in [2.05, 4.69) is 76.8 Å². The van der Waals surface area contributed by atoms with Crippen LogP contribution in [0.25, 0.3) is 10.8 Å². The fourth-order valence-electron chi connectivity index (χ4n) is 2.71. The summed E-state index contributed by atoms with van der Waals surface area (Å²) in [5.41, 5.74) is 4.00. The quantitative estimate of drug-likeness (QED) is 0.459. The van der Waals surface area contributed by atoms with Gasteiger partial charge in [-0.25, -0.2) is 0 Å². The zero-order chi connectivity index (χ0) is 16.2. The van der Waals surface area contributed by atoms with E-state index in [1.54, 1.807) is 0 Å². The summed E-state index contributed by atoms with van der Waals surface area (Å²) in [5.74, 6) is 6.67. The predicted molar refractivity (Wildman–Crippen MR) is 98.2 cm³/mol. The van der Waals surface area contributed by atoms with Crippen molar-refractivity contribution >= 4 is 10.8 Å². The number of hydrogen-bond acceptors (Lipinski definition) is 0. The second-order valence-electron chi connectivity index (χ2n) is 7.32. The fraction of sp³-hybridized carbons (Fsp3) is 0.455. The number of benzene rings is 2. The molecule has 0 bridgehead atoms. The number of aryl methyl sites for hydroxylation is 2. The van der Waals surface area contributed by atoms with Crippen molar-refractivity contribution in [1.29, 1.82) is 0 Å². The molecule has 0 radical (unpaired) electrons. The topological polar surface area (TPSA) is 0 Å². The van der Waals surface area contributed by atoms with Gasteiger partial charge in [0.2, 0.25) is 0 Å². The van der Waals surface area contributed by atoms with Gasteiger partial charge in [-0.3, -0.25) is 0 Å². The van der Waals surface area contributed by atoms with Gasteiger partial charge in [0, 0.05) is 11.0 Å². The van der Waals surface area contributed by atoms with E-state index < -0.39 is 0 Å². The molecule has 0 N–H and O–H groups in total. The summed E-state index contributed by atoms with van der Waals surface area (Å²) in [6.45, 7) is 10.9. The van der Waals surface area contributed by atoms with Gasteiger partial charge in [0.25, 0.3) is 0 Å². The Bertz CT molecular complexity index is 702. The number of fused-ring (bicyclic) bond motifs is 1. The van der Waals surface area contributed by atoms with Crippen molar-refractivity contribution in [2.75, 3.05) is 0 Å². The molecule has 0 aliphatic heterocycles. The van der Waals surface area contributed by atoms with Crippen LogP contribution in [0.4, 0.5) is 0 Å². The van der Waals surface area contributed by atoms with Gasteiger partial charge < -0.3 is 0 Å². The lowest BCUT2D eigenvalue weighted by molar-refractivity contribution is 0.571. The highest BCUT2D eigenvalue weighted by Crippen LogP contribution is 2.24. The molecule has 0 aromatic heterocycles. The van der Waals surface area contributed by atoms with E-state index in [4.69, 9.17) is 0 Å². The van der Waals surface area contributed by atoms with Crippen LogP contribution in [0.2, 0.25) is 0 Å². The zero-order valence-corrected chi connectivity index (χ0v) is 14.7. The molecule has 2 aromatic rings. The average molecular weight is 292 g/mol. The molecule has 0 saturated heterocycles. The van der Waals surface area contributed by atoms with Crippen molar-refractivity contribution in [3.63, 3.8) is 0 Å². The second kappa shape index (κ2) is 7.01. The highest BCUT2D eigenvalue weighted by molar-refractivity contribution is 5.87. The van der Waals surface area contributed by atoms with Crippen molar-refractivity contribution in [2.45, 2.75) is 60.3 Å². The van der Waals surface area contributed by atoms with Crippen LogP contribution in [-0.4, -0.2) is 0 Å². The minimum atomic E-state index is 0.0478. The van der Waals surface area contributed by atoms with Gasteiger partial charge in [0.05, 0.1) is 0 Å².